The number of esters is 1. The molecule has 1 aliphatic heterocycles. The van der Waals surface area contributed by atoms with Crippen LogP contribution >= 0.6 is 11.8 Å². The van der Waals surface area contributed by atoms with Crippen LogP contribution in [0.15, 0.2) is 47.4 Å². The number of H-pyrrole nitrogens is 1. The lowest BCUT2D eigenvalue weighted by Crippen LogP contribution is -2.35. The highest BCUT2D eigenvalue weighted by Crippen LogP contribution is 2.37. The number of nitrogens with zero attached hydrogens (tertiary/aromatic N) is 1. The van der Waals surface area contributed by atoms with Crippen molar-refractivity contribution >= 4 is 46.9 Å². The summed E-state index contributed by atoms with van der Waals surface area (Å²) in [6, 6.07) is 13.3. The Morgan fingerprint density at radius 2 is 1.80 bits per heavy atom. The molecule has 210 valence electrons. The van der Waals surface area contributed by atoms with Gasteiger partial charge in [0.05, 0.1) is 23.8 Å². The number of rotatable bonds is 11. The number of aromatic amines is 1. The minimum absolute atomic E-state index is 0.113. The fourth-order valence-corrected chi connectivity index (χ4v) is 5.67. The Morgan fingerprint density at radius 1 is 1.07 bits per heavy atom. The van der Waals surface area contributed by atoms with Gasteiger partial charge < -0.3 is 25.3 Å². The Labute approximate surface area is 239 Å². The zero-order valence-electron chi connectivity index (χ0n) is 23.6. The van der Waals surface area contributed by atoms with E-state index in [2.05, 4.69) is 34.4 Å². The molecule has 40 heavy (non-hydrogen) atoms. The number of ether oxygens (including phenoxy) is 1. The summed E-state index contributed by atoms with van der Waals surface area (Å²) in [5.74, 6) is 0.0670. The van der Waals surface area contributed by atoms with E-state index >= 15 is 0 Å². The highest BCUT2D eigenvalue weighted by molar-refractivity contribution is 7.98. The fourth-order valence-electron chi connectivity index (χ4n) is 4.78. The Bertz CT molecular complexity index is 1440. The molecule has 4 rings (SSSR count). The second-order valence-electron chi connectivity index (χ2n) is 9.64. The quantitative estimate of drug-likeness (QED) is 0.168. The number of hydrogen-bond acceptors (Lipinski definition) is 6. The van der Waals surface area contributed by atoms with Crippen molar-refractivity contribution in [3.8, 4) is 0 Å². The summed E-state index contributed by atoms with van der Waals surface area (Å²) in [6.07, 6.45) is 1.83. The third-order valence-electron chi connectivity index (χ3n) is 7.15. The van der Waals surface area contributed by atoms with E-state index in [1.165, 1.54) is 7.11 Å². The Balaban J connectivity index is 1.50. The van der Waals surface area contributed by atoms with E-state index in [1.807, 2.05) is 50.3 Å². The van der Waals surface area contributed by atoms with Crippen LogP contribution in [0.3, 0.4) is 0 Å². The molecule has 0 saturated heterocycles. The van der Waals surface area contributed by atoms with E-state index in [4.69, 9.17) is 4.74 Å². The second kappa shape index (κ2) is 13.0. The normalized spacial score (nSPS) is 13.4. The average molecular weight is 561 g/mol. The van der Waals surface area contributed by atoms with E-state index in [1.54, 1.807) is 23.9 Å². The first-order valence-electron chi connectivity index (χ1n) is 13.4. The molecule has 1 aliphatic rings. The monoisotopic (exact) mass is 560 g/mol. The van der Waals surface area contributed by atoms with Crippen LogP contribution in [0, 0.1) is 13.8 Å². The fraction of sp³-hybridized carbons (Fsp3) is 0.323. The summed E-state index contributed by atoms with van der Waals surface area (Å²) in [7, 11) is 1.37. The van der Waals surface area contributed by atoms with Crippen LogP contribution in [0.2, 0.25) is 0 Å². The standard InChI is InChI=1S/C31H36N4O4S/c1-6-35(7-2)15-14-32-30(37)28-19(3)27(33-20(28)4)17-25-24-16-23(12-13-26(24)34-29(25)36)40-18-21-8-10-22(11-9-21)31(38)39-5/h8-13,16-17,33H,6-7,14-15,18H2,1-5H3,(H,32,37)(H,34,36)/b25-17-. The van der Waals surface area contributed by atoms with E-state index < -0.39 is 0 Å². The summed E-state index contributed by atoms with van der Waals surface area (Å²) >= 11 is 1.65. The second-order valence-corrected chi connectivity index (χ2v) is 10.7. The highest BCUT2D eigenvalue weighted by Gasteiger charge is 2.26. The number of aryl methyl sites for hydroxylation is 1. The van der Waals surface area contributed by atoms with Crippen LogP contribution in [0.25, 0.3) is 11.6 Å². The number of carbonyl (C=O) groups is 3. The summed E-state index contributed by atoms with van der Waals surface area (Å²) < 4.78 is 4.76. The molecule has 0 aliphatic carbocycles. The van der Waals surface area contributed by atoms with Crippen LogP contribution in [0.1, 0.15) is 62.6 Å². The molecular formula is C31H36N4O4S. The third kappa shape index (κ3) is 6.48. The lowest BCUT2D eigenvalue weighted by Gasteiger charge is -2.18. The van der Waals surface area contributed by atoms with Gasteiger partial charge in [-0.2, -0.15) is 0 Å². The maximum absolute atomic E-state index is 13.0. The van der Waals surface area contributed by atoms with Gasteiger partial charge in [-0.25, -0.2) is 4.79 Å². The summed E-state index contributed by atoms with van der Waals surface area (Å²) in [5.41, 5.74) is 6.68. The minimum Gasteiger partial charge on any atom is -0.465 e. The van der Waals surface area contributed by atoms with Gasteiger partial charge in [0.15, 0.2) is 0 Å². The van der Waals surface area contributed by atoms with Crippen LogP contribution in [-0.4, -0.2) is 61.0 Å². The number of aromatic nitrogens is 1. The van der Waals surface area contributed by atoms with Crippen LogP contribution < -0.4 is 10.6 Å². The van der Waals surface area contributed by atoms with E-state index in [0.29, 0.717) is 29.0 Å². The van der Waals surface area contributed by atoms with Crippen molar-refractivity contribution in [1.82, 2.24) is 15.2 Å². The molecule has 0 unspecified atom stereocenters. The predicted octanol–water partition coefficient (Wildman–Crippen LogP) is 5.27. The van der Waals surface area contributed by atoms with Gasteiger partial charge in [0.25, 0.3) is 11.8 Å². The van der Waals surface area contributed by atoms with Gasteiger partial charge >= 0.3 is 5.97 Å². The first-order valence-corrected chi connectivity index (χ1v) is 14.4. The van der Waals surface area contributed by atoms with Gasteiger partial charge in [-0.1, -0.05) is 26.0 Å². The van der Waals surface area contributed by atoms with Crippen molar-refractivity contribution in [1.29, 1.82) is 0 Å². The predicted molar refractivity (Wildman–Crippen MR) is 161 cm³/mol. The molecule has 2 aromatic carbocycles. The molecule has 0 radical (unpaired) electrons. The van der Waals surface area contributed by atoms with Crippen molar-refractivity contribution in [2.24, 2.45) is 0 Å². The van der Waals surface area contributed by atoms with Crippen molar-refractivity contribution in [2.45, 2.75) is 38.3 Å². The Morgan fingerprint density at radius 3 is 2.48 bits per heavy atom. The topological polar surface area (TPSA) is 104 Å². The zero-order valence-corrected chi connectivity index (χ0v) is 24.5. The Hall–Kier alpha value is -3.82. The SMILES string of the molecule is CCN(CC)CCNC(=O)c1c(C)[nH]c(/C=C2\C(=O)Nc3ccc(SCc4ccc(C(=O)OC)cc4)cc32)c1C. The first-order chi connectivity index (χ1) is 19.2. The van der Waals surface area contributed by atoms with Crippen molar-refractivity contribution < 1.29 is 19.1 Å². The molecule has 8 nitrogen and oxygen atoms in total. The Kier molecular flexibility index (Phi) is 9.50. The molecule has 3 aromatic rings. The number of carbonyl (C=O) groups excluding carboxylic acids is 3. The minimum atomic E-state index is -0.357. The number of nitrogens with one attached hydrogen (secondary N) is 3. The lowest BCUT2D eigenvalue weighted by molar-refractivity contribution is -0.110. The van der Waals surface area contributed by atoms with Crippen molar-refractivity contribution in [3.05, 3.63) is 81.7 Å². The molecule has 2 heterocycles. The number of amides is 2. The van der Waals surface area contributed by atoms with E-state index in [-0.39, 0.29) is 17.8 Å². The number of methoxy groups -OCH3 is 1. The number of fused-ring (bicyclic) bond motifs is 1. The maximum Gasteiger partial charge on any atom is 0.337 e. The van der Waals surface area contributed by atoms with Crippen LogP contribution in [-0.2, 0) is 15.3 Å². The molecule has 0 spiro atoms. The van der Waals surface area contributed by atoms with E-state index in [0.717, 1.165) is 58.3 Å². The third-order valence-corrected chi connectivity index (χ3v) is 8.22. The molecule has 0 fully saturated rings. The summed E-state index contributed by atoms with van der Waals surface area (Å²) in [6.45, 7) is 11.3. The summed E-state index contributed by atoms with van der Waals surface area (Å²) in [4.78, 5) is 44.2. The number of hydrogen-bond donors (Lipinski definition) is 3. The van der Waals surface area contributed by atoms with E-state index in [9.17, 15) is 14.4 Å². The maximum atomic E-state index is 13.0. The lowest BCUT2D eigenvalue weighted by atomic mass is 10.0. The molecule has 0 atom stereocenters. The molecular weight excluding hydrogens is 524 g/mol. The van der Waals surface area contributed by atoms with Crippen molar-refractivity contribution in [2.75, 3.05) is 38.6 Å². The number of likely N-dealkylation sites (N-methyl/N-ethyl adjacent to an activating group) is 1. The number of benzene rings is 2. The van der Waals surface area contributed by atoms with Crippen LogP contribution in [0.5, 0.6) is 0 Å². The van der Waals surface area contributed by atoms with Crippen LogP contribution in [0.4, 0.5) is 5.69 Å². The average Bonchev–Trinajstić information content (AvgIpc) is 3.43. The molecule has 0 saturated carbocycles. The van der Waals surface area contributed by atoms with Gasteiger partial charge in [0.1, 0.15) is 0 Å². The molecule has 3 N–H and O–H groups in total. The van der Waals surface area contributed by atoms with Gasteiger partial charge in [-0.05, 0) is 74.5 Å². The zero-order chi connectivity index (χ0) is 28.8. The van der Waals surface area contributed by atoms with Gasteiger partial charge in [-0.3, -0.25) is 9.59 Å². The van der Waals surface area contributed by atoms with Crippen molar-refractivity contribution in [3.63, 3.8) is 0 Å². The first kappa shape index (κ1) is 29.2. The molecule has 0 bridgehead atoms. The van der Waals surface area contributed by atoms with Gasteiger partial charge in [-0.15, -0.1) is 11.8 Å². The largest absolute Gasteiger partial charge is 0.465 e. The number of thioether (sulfide) groups is 1. The molecule has 2 amide bonds. The van der Waals surface area contributed by atoms with Gasteiger partial charge in [0.2, 0.25) is 0 Å². The van der Waals surface area contributed by atoms with Gasteiger partial charge in [0, 0.05) is 46.4 Å². The number of anilines is 1. The molecule has 1 aromatic heterocycles. The smallest absolute Gasteiger partial charge is 0.337 e. The summed E-state index contributed by atoms with van der Waals surface area (Å²) in [5, 5.41) is 5.98. The molecule has 9 heteroatoms. The highest BCUT2D eigenvalue weighted by atomic mass is 32.2.